The van der Waals surface area contributed by atoms with Gasteiger partial charge in [-0.15, -0.1) is 0 Å². The second-order valence-corrected chi connectivity index (χ2v) is 12.4. The summed E-state index contributed by atoms with van der Waals surface area (Å²) in [6, 6.07) is 24.0. The molecule has 0 bridgehead atoms. The molecule has 0 aliphatic heterocycles. The molecule has 1 amide bonds. The Balaban J connectivity index is 1.64. The minimum Gasteiger partial charge on any atom is -0.497 e. The van der Waals surface area contributed by atoms with Crippen LogP contribution >= 0.6 is 0 Å². The van der Waals surface area contributed by atoms with Crippen LogP contribution in [0.3, 0.4) is 0 Å². The Morgan fingerprint density at radius 2 is 1.57 bits per heavy atom. The van der Waals surface area contributed by atoms with Crippen molar-refractivity contribution in [1.29, 1.82) is 0 Å². The van der Waals surface area contributed by atoms with Crippen LogP contribution in [-0.2, 0) is 16.6 Å². The van der Waals surface area contributed by atoms with E-state index in [9.17, 15) is 13.2 Å². The molecule has 0 radical (unpaired) electrons. The first-order valence-electron chi connectivity index (χ1n) is 13.8. The van der Waals surface area contributed by atoms with E-state index >= 15 is 0 Å². The number of carbonyl (C=O) groups is 1. The van der Waals surface area contributed by atoms with Crippen LogP contribution in [0.15, 0.2) is 83.3 Å². The van der Waals surface area contributed by atoms with Crippen LogP contribution in [0.25, 0.3) is 33.4 Å². The molecule has 1 N–H and O–H groups in total. The Morgan fingerprint density at radius 1 is 0.886 bits per heavy atom. The summed E-state index contributed by atoms with van der Waals surface area (Å²) >= 11 is 0. The van der Waals surface area contributed by atoms with E-state index in [4.69, 9.17) is 18.6 Å². The van der Waals surface area contributed by atoms with Gasteiger partial charge in [-0.3, -0.25) is 9.10 Å². The van der Waals surface area contributed by atoms with E-state index in [1.165, 1.54) is 11.4 Å². The maximum atomic E-state index is 13.2. The van der Waals surface area contributed by atoms with Crippen LogP contribution in [0.2, 0.25) is 0 Å². The third-order valence-corrected chi connectivity index (χ3v) is 8.56. The number of hydrogen-bond donors (Lipinski definition) is 1. The lowest BCUT2D eigenvalue weighted by Gasteiger charge is -2.21. The number of hydrogen-bond acceptors (Lipinski definition) is 7. The minimum atomic E-state index is -3.65. The standard InChI is InChI=1S/C34H34N2O7S/c1-21-10-12-23(13-11-21)33-32(34(37)35-2)29-18-28(30(19-31(29)43-33)36(3)44(6,38)39)24-8-7-9-25(16-24)42-20-22-14-26(40-4)17-27(15-22)41-5/h7-19H,20H2,1-6H3,(H,35,37). The number of rotatable bonds is 10. The van der Waals surface area contributed by atoms with Crippen molar-refractivity contribution in [2.24, 2.45) is 0 Å². The summed E-state index contributed by atoms with van der Waals surface area (Å²) in [6.07, 6.45) is 1.14. The minimum absolute atomic E-state index is 0.245. The summed E-state index contributed by atoms with van der Waals surface area (Å²) in [6.45, 7) is 2.22. The van der Waals surface area contributed by atoms with Gasteiger partial charge >= 0.3 is 0 Å². The van der Waals surface area contributed by atoms with Gasteiger partial charge in [-0.2, -0.15) is 0 Å². The van der Waals surface area contributed by atoms with Crippen molar-refractivity contribution in [1.82, 2.24) is 5.32 Å². The highest BCUT2D eigenvalue weighted by atomic mass is 32.2. The smallest absolute Gasteiger partial charge is 0.255 e. The zero-order valence-electron chi connectivity index (χ0n) is 25.4. The molecular formula is C34H34N2O7S. The van der Waals surface area contributed by atoms with Gasteiger partial charge in [0.1, 0.15) is 35.2 Å². The lowest BCUT2D eigenvalue weighted by atomic mass is 9.98. The first kappa shape index (κ1) is 30.5. The fraction of sp³-hybridized carbons (Fsp3) is 0.206. The zero-order valence-corrected chi connectivity index (χ0v) is 26.2. The molecular weight excluding hydrogens is 580 g/mol. The number of furan rings is 1. The van der Waals surface area contributed by atoms with Crippen molar-refractivity contribution in [2.45, 2.75) is 13.5 Å². The number of ether oxygens (including phenoxy) is 3. The number of fused-ring (bicyclic) bond motifs is 1. The topological polar surface area (TPSA) is 107 Å². The summed E-state index contributed by atoms with van der Waals surface area (Å²) in [5.74, 6) is 1.94. The molecule has 0 fully saturated rings. The molecule has 9 nitrogen and oxygen atoms in total. The van der Waals surface area contributed by atoms with Crippen molar-refractivity contribution in [2.75, 3.05) is 38.9 Å². The fourth-order valence-electron chi connectivity index (χ4n) is 4.93. The summed E-state index contributed by atoms with van der Waals surface area (Å²) < 4.78 is 49.8. The fourth-order valence-corrected chi connectivity index (χ4v) is 5.44. The van der Waals surface area contributed by atoms with Gasteiger partial charge in [0.2, 0.25) is 10.0 Å². The largest absolute Gasteiger partial charge is 0.497 e. The van der Waals surface area contributed by atoms with Gasteiger partial charge in [0.25, 0.3) is 5.91 Å². The van der Waals surface area contributed by atoms with Gasteiger partial charge in [0.05, 0.1) is 31.7 Å². The second-order valence-electron chi connectivity index (χ2n) is 10.4. The van der Waals surface area contributed by atoms with E-state index in [1.54, 1.807) is 39.5 Å². The van der Waals surface area contributed by atoms with Crippen LogP contribution in [-0.4, -0.2) is 48.9 Å². The number of anilines is 1. The van der Waals surface area contributed by atoms with E-state index in [-0.39, 0.29) is 12.5 Å². The summed E-state index contributed by atoms with van der Waals surface area (Å²) in [7, 11) is 2.57. The first-order chi connectivity index (χ1) is 21.0. The zero-order chi connectivity index (χ0) is 31.6. The molecule has 0 saturated heterocycles. The normalized spacial score (nSPS) is 11.3. The van der Waals surface area contributed by atoms with E-state index in [2.05, 4.69) is 5.32 Å². The average molecular weight is 615 g/mol. The summed E-state index contributed by atoms with van der Waals surface area (Å²) in [5.41, 5.74) is 5.06. The predicted molar refractivity (Wildman–Crippen MR) is 172 cm³/mol. The highest BCUT2D eigenvalue weighted by Gasteiger charge is 2.26. The van der Waals surface area contributed by atoms with E-state index in [1.807, 2.05) is 67.6 Å². The molecule has 10 heteroatoms. The van der Waals surface area contributed by atoms with Crippen molar-refractivity contribution in [3.05, 3.63) is 95.6 Å². The summed E-state index contributed by atoms with van der Waals surface area (Å²) in [4.78, 5) is 13.2. The number of aryl methyl sites for hydroxylation is 1. The predicted octanol–water partition coefficient (Wildman–Crippen LogP) is 6.43. The Morgan fingerprint density at radius 3 is 2.18 bits per heavy atom. The molecule has 4 aromatic carbocycles. The van der Waals surface area contributed by atoms with Crippen LogP contribution in [0.5, 0.6) is 17.2 Å². The van der Waals surface area contributed by atoms with Gasteiger partial charge < -0.3 is 23.9 Å². The third-order valence-electron chi connectivity index (χ3n) is 7.37. The summed E-state index contributed by atoms with van der Waals surface area (Å²) in [5, 5.41) is 3.27. The maximum absolute atomic E-state index is 13.2. The number of methoxy groups -OCH3 is 2. The number of amides is 1. The van der Waals surface area contributed by atoms with E-state index < -0.39 is 10.0 Å². The van der Waals surface area contributed by atoms with Crippen molar-refractivity contribution in [3.63, 3.8) is 0 Å². The Labute approximate surface area is 257 Å². The molecule has 0 spiro atoms. The average Bonchev–Trinajstić information content (AvgIpc) is 3.40. The van der Waals surface area contributed by atoms with Crippen molar-refractivity contribution >= 4 is 32.6 Å². The Hall–Kier alpha value is -4.96. The van der Waals surface area contributed by atoms with Crippen LogP contribution < -0.4 is 23.8 Å². The molecule has 0 unspecified atom stereocenters. The van der Waals surface area contributed by atoms with Crippen molar-refractivity contribution in [3.8, 4) is 39.7 Å². The number of nitrogens with one attached hydrogen (secondary N) is 1. The third kappa shape index (κ3) is 6.21. The number of sulfonamides is 1. The highest BCUT2D eigenvalue weighted by molar-refractivity contribution is 7.92. The molecule has 1 heterocycles. The molecule has 0 aliphatic carbocycles. The van der Waals surface area contributed by atoms with Crippen LogP contribution in [0, 0.1) is 6.92 Å². The SMILES string of the molecule is CNC(=O)c1c(-c2ccc(C)cc2)oc2cc(N(C)S(C)(=O)=O)c(-c3cccc(OCc4cc(OC)cc(OC)c4)c3)cc12. The number of benzene rings is 4. The highest BCUT2D eigenvalue weighted by Crippen LogP contribution is 2.42. The van der Waals surface area contributed by atoms with E-state index in [0.717, 1.165) is 22.9 Å². The lowest BCUT2D eigenvalue weighted by molar-refractivity contribution is 0.0964. The maximum Gasteiger partial charge on any atom is 0.255 e. The molecule has 5 aromatic rings. The van der Waals surface area contributed by atoms with Gasteiger partial charge in [-0.25, -0.2) is 8.42 Å². The van der Waals surface area contributed by atoms with Gasteiger partial charge in [0, 0.05) is 42.7 Å². The second kappa shape index (κ2) is 12.3. The molecule has 0 aliphatic rings. The Bertz CT molecular complexity index is 1920. The van der Waals surface area contributed by atoms with E-state index in [0.29, 0.717) is 56.4 Å². The molecule has 44 heavy (non-hydrogen) atoms. The number of nitrogens with zero attached hydrogens (tertiary/aromatic N) is 1. The first-order valence-corrected chi connectivity index (χ1v) is 15.7. The Kier molecular flexibility index (Phi) is 8.55. The molecule has 5 rings (SSSR count). The van der Waals surface area contributed by atoms with Gasteiger partial charge in [-0.05, 0) is 48.4 Å². The number of carbonyl (C=O) groups excluding carboxylic acids is 1. The molecule has 1 aromatic heterocycles. The van der Waals surface area contributed by atoms with Gasteiger partial charge in [0.15, 0.2) is 0 Å². The van der Waals surface area contributed by atoms with Crippen LogP contribution in [0.4, 0.5) is 5.69 Å². The lowest BCUT2D eigenvalue weighted by Crippen LogP contribution is -2.25. The monoisotopic (exact) mass is 614 g/mol. The molecule has 0 saturated carbocycles. The van der Waals surface area contributed by atoms with Crippen LogP contribution in [0.1, 0.15) is 21.5 Å². The molecule has 0 atom stereocenters. The van der Waals surface area contributed by atoms with Gasteiger partial charge in [-0.1, -0.05) is 42.0 Å². The molecule has 228 valence electrons. The van der Waals surface area contributed by atoms with Crippen molar-refractivity contribution < 1.29 is 31.8 Å². The quantitative estimate of drug-likeness (QED) is 0.193.